The first-order valence-electron chi connectivity index (χ1n) is 12.6. The van der Waals surface area contributed by atoms with Crippen molar-refractivity contribution in [2.75, 3.05) is 44.2 Å². The number of unbranched alkanes of at least 4 members (excludes halogenated alkanes) is 1. The number of aromatic nitrogens is 1. The van der Waals surface area contributed by atoms with Gasteiger partial charge in [-0.3, -0.25) is 0 Å². The molecule has 0 radical (unpaired) electrons. The van der Waals surface area contributed by atoms with E-state index in [1.165, 1.54) is 68.6 Å². The third-order valence-electron chi connectivity index (χ3n) is 6.77. The molecule has 1 aliphatic carbocycles. The predicted octanol–water partition coefficient (Wildman–Crippen LogP) is 4.21. The standard InChI is InChI=1S/C25H43N5S/c1-4-14-30(5-2)24-18-20(3)22-19-21(11-12-23(22)28-24)27-25(31)26-13-7-10-17-29-15-8-6-9-16-29/h18,21H,4-17,19H2,1-3H3,(H2,26,27,31). The van der Waals surface area contributed by atoms with Crippen molar-refractivity contribution < 1.29 is 0 Å². The van der Waals surface area contributed by atoms with Crippen molar-refractivity contribution in [2.24, 2.45) is 0 Å². The van der Waals surface area contributed by atoms with Gasteiger partial charge in [-0.25, -0.2) is 4.98 Å². The molecule has 1 unspecified atom stereocenters. The Morgan fingerprint density at radius 1 is 1.23 bits per heavy atom. The number of rotatable bonds is 10. The SMILES string of the molecule is CCCN(CC)c1cc(C)c2c(n1)CCC(NC(=S)NCCCCN1CCCCC1)C2. The quantitative estimate of drug-likeness (QED) is 0.415. The fourth-order valence-corrected chi connectivity index (χ4v) is 5.23. The number of nitrogens with one attached hydrogen (secondary N) is 2. The van der Waals surface area contributed by atoms with Gasteiger partial charge in [-0.05, 0) is 114 Å². The van der Waals surface area contributed by atoms with E-state index >= 15 is 0 Å². The third kappa shape index (κ3) is 7.31. The van der Waals surface area contributed by atoms with Gasteiger partial charge in [0.05, 0.1) is 0 Å². The van der Waals surface area contributed by atoms with Crippen LogP contribution in [0.15, 0.2) is 6.07 Å². The minimum atomic E-state index is 0.408. The summed E-state index contributed by atoms with van der Waals surface area (Å²) >= 11 is 5.59. The van der Waals surface area contributed by atoms with Crippen LogP contribution in [-0.4, -0.2) is 60.3 Å². The summed E-state index contributed by atoms with van der Waals surface area (Å²) in [7, 11) is 0. The number of pyridine rings is 1. The van der Waals surface area contributed by atoms with Gasteiger partial charge in [0.2, 0.25) is 0 Å². The number of nitrogens with zero attached hydrogens (tertiary/aromatic N) is 3. The first kappa shape index (κ1) is 24.2. The molecule has 1 aliphatic heterocycles. The smallest absolute Gasteiger partial charge is 0.166 e. The van der Waals surface area contributed by atoms with E-state index in [0.29, 0.717) is 6.04 Å². The van der Waals surface area contributed by atoms with Crippen molar-refractivity contribution >= 4 is 23.1 Å². The van der Waals surface area contributed by atoms with E-state index in [-0.39, 0.29) is 0 Å². The van der Waals surface area contributed by atoms with Gasteiger partial charge >= 0.3 is 0 Å². The van der Waals surface area contributed by atoms with Crippen LogP contribution in [0.3, 0.4) is 0 Å². The average Bonchev–Trinajstić information content (AvgIpc) is 2.78. The second kappa shape index (κ2) is 12.6. The molecule has 31 heavy (non-hydrogen) atoms. The molecule has 2 heterocycles. The minimum Gasteiger partial charge on any atom is -0.363 e. The van der Waals surface area contributed by atoms with E-state index in [1.807, 2.05) is 0 Å². The molecule has 2 N–H and O–H groups in total. The number of fused-ring (bicyclic) bond motifs is 1. The maximum absolute atomic E-state index is 5.59. The summed E-state index contributed by atoms with van der Waals surface area (Å²) in [6.45, 7) is 13.6. The largest absolute Gasteiger partial charge is 0.363 e. The van der Waals surface area contributed by atoms with Gasteiger partial charge in [-0.15, -0.1) is 0 Å². The highest BCUT2D eigenvalue weighted by Crippen LogP contribution is 2.27. The highest BCUT2D eigenvalue weighted by Gasteiger charge is 2.23. The van der Waals surface area contributed by atoms with Gasteiger partial charge in [-0.2, -0.15) is 0 Å². The van der Waals surface area contributed by atoms with Gasteiger partial charge in [-0.1, -0.05) is 13.3 Å². The van der Waals surface area contributed by atoms with Crippen molar-refractivity contribution in [3.63, 3.8) is 0 Å². The molecule has 1 fully saturated rings. The second-order valence-electron chi connectivity index (χ2n) is 9.25. The molecule has 0 saturated carbocycles. The summed E-state index contributed by atoms with van der Waals surface area (Å²) in [5.41, 5.74) is 4.08. The van der Waals surface area contributed by atoms with Crippen LogP contribution in [0.5, 0.6) is 0 Å². The zero-order valence-electron chi connectivity index (χ0n) is 20.0. The monoisotopic (exact) mass is 445 g/mol. The molecule has 0 aromatic carbocycles. The molecule has 1 aromatic rings. The Bertz CT molecular complexity index is 701. The van der Waals surface area contributed by atoms with E-state index in [2.05, 4.69) is 47.3 Å². The van der Waals surface area contributed by atoms with Gasteiger partial charge in [0.25, 0.3) is 0 Å². The molecule has 174 valence electrons. The van der Waals surface area contributed by atoms with Gasteiger partial charge < -0.3 is 20.4 Å². The Morgan fingerprint density at radius 2 is 2.03 bits per heavy atom. The number of hydrogen-bond donors (Lipinski definition) is 2. The Morgan fingerprint density at radius 3 is 2.77 bits per heavy atom. The Hall–Kier alpha value is -1.40. The van der Waals surface area contributed by atoms with Crippen molar-refractivity contribution in [3.8, 4) is 0 Å². The summed E-state index contributed by atoms with van der Waals surface area (Å²) in [5.74, 6) is 1.15. The Balaban J connectivity index is 1.41. The molecule has 2 aliphatic rings. The first-order valence-corrected chi connectivity index (χ1v) is 13.0. The van der Waals surface area contributed by atoms with Crippen LogP contribution < -0.4 is 15.5 Å². The highest BCUT2D eigenvalue weighted by molar-refractivity contribution is 7.80. The number of aryl methyl sites for hydroxylation is 2. The molecule has 1 aromatic heterocycles. The van der Waals surface area contributed by atoms with Crippen molar-refractivity contribution in [1.29, 1.82) is 0 Å². The number of anilines is 1. The Kier molecular flexibility index (Phi) is 9.85. The number of thiocarbonyl (C=S) groups is 1. The molecular formula is C25H43N5S. The number of piperidine rings is 1. The molecule has 6 heteroatoms. The molecule has 1 saturated heterocycles. The summed E-state index contributed by atoms with van der Waals surface area (Å²) in [5, 5.41) is 7.81. The van der Waals surface area contributed by atoms with E-state index < -0.39 is 0 Å². The van der Waals surface area contributed by atoms with Crippen molar-refractivity contribution in [1.82, 2.24) is 20.5 Å². The summed E-state index contributed by atoms with van der Waals surface area (Å²) in [4.78, 5) is 10.0. The van der Waals surface area contributed by atoms with Crippen LogP contribution >= 0.6 is 12.2 Å². The van der Waals surface area contributed by atoms with Gasteiger partial charge in [0.15, 0.2) is 5.11 Å². The maximum atomic E-state index is 5.59. The van der Waals surface area contributed by atoms with Gasteiger partial charge in [0, 0.05) is 31.4 Å². The number of likely N-dealkylation sites (tertiary alicyclic amines) is 1. The zero-order valence-corrected chi connectivity index (χ0v) is 20.8. The molecular weight excluding hydrogens is 402 g/mol. The highest BCUT2D eigenvalue weighted by atomic mass is 32.1. The minimum absolute atomic E-state index is 0.408. The van der Waals surface area contributed by atoms with Crippen LogP contribution in [0.4, 0.5) is 5.82 Å². The third-order valence-corrected chi connectivity index (χ3v) is 7.03. The topological polar surface area (TPSA) is 43.4 Å². The summed E-state index contributed by atoms with van der Waals surface area (Å²) in [6.07, 6.45) is 10.9. The van der Waals surface area contributed by atoms with Crippen LogP contribution in [0.1, 0.15) is 75.6 Å². The van der Waals surface area contributed by atoms with E-state index in [4.69, 9.17) is 17.2 Å². The molecule has 3 rings (SSSR count). The lowest BCUT2D eigenvalue weighted by Crippen LogP contribution is -2.45. The fraction of sp³-hybridized carbons (Fsp3) is 0.760. The van der Waals surface area contributed by atoms with Crippen LogP contribution in [-0.2, 0) is 12.8 Å². The predicted molar refractivity (Wildman–Crippen MR) is 136 cm³/mol. The van der Waals surface area contributed by atoms with Gasteiger partial charge in [0.1, 0.15) is 5.82 Å². The summed E-state index contributed by atoms with van der Waals surface area (Å²) in [6, 6.07) is 2.68. The lowest BCUT2D eigenvalue weighted by atomic mass is 9.89. The molecule has 0 spiro atoms. The zero-order chi connectivity index (χ0) is 22.1. The lowest BCUT2D eigenvalue weighted by molar-refractivity contribution is 0.225. The van der Waals surface area contributed by atoms with E-state index in [1.54, 1.807) is 0 Å². The maximum Gasteiger partial charge on any atom is 0.166 e. The molecule has 0 bridgehead atoms. The van der Waals surface area contributed by atoms with Crippen molar-refractivity contribution in [3.05, 3.63) is 22.9 Å². The van der Waals surface area contributed by atoms with Crippen molar-refractivity contribution in [2.45, 2.75) is 84.6 Å². The molecule has 1 atom stereocenters. The van der Waals surface area contributed by atoms with Crippen LogP contribution in [0.2, 0.25) is 0 Å². The van der Waals surface area contributed by atoms with E-state index in [9.17, 15) is 0 Å². The Labute approximate surface area is 195 Å². The summed E-state index contributed by atoms with van der Waals surface area (Å²) < 4.78 is 0. The van der Waals surface area contributed by atoms with Crippen LogP contribution in [0, 0.1) is 6.92 Å². The fourth-order valence-electron chi connectivity index (χ4n) is 4.96. The average molecular weight is 446 g/mol. The lowest BCUT2D eigenvalue weighted by Gasteiger charge is -2.30. The second-order valence-corrected chi connectivity index (χ2v) is 9.66. The van der Waals surface area contributed by atoms with E-state index in [0.717, 1.165) is 56.2 Å². The molecule has 0 amide bonds. The molecule has 5 nitrogen and oxygen atoms in total. The first-order chi connectivity index (χ1) is 15.1. The normalized spacial score (nSPS) is 19.0. The number of hydrogen-bond acceptors (Lipinski definition) is 4. The van der Waals surface area contributed by atoms with Crippen LogP contribution in [0.25, 0.3) is 0 Å².